The zero-order valence-electron chi connectivity index (χ0n) is 12.2. The highest BCUT2D eigenvalue weighted by Crippen LogP contribution is 2.23. The molecule has 23 heavy (non-hydrogen) atoms. The van der Waals surface area contributed by atoms with Gasteiger partial charge in [0.15, 0.2) is 5.69 Å². The van der Waals surface area contributed by atoms with Crippen LogP contribution in [0.5, 0.6) is 0 Å². The molecule has 6 nitrogen and oxygen atoms in total. The average Bonchev–Trinajstić information content (AvgIpc) is 2.62. The average molecular weight is 316 g/mol. The molecule has 0 aromatic carbocycles. The van der Waals surface area contributed by atoms with Crippen molar-refractivity contribution in [2.45, 2.75) is 6.43 Å². The van der Waals surface area contributed by atoms with Crippen LogP contribution < -0.4 is 9.80 Å². The van der Waals surface area contributed by atoms with Crippen molar-refractivity contribution >= 4 is 11.5 Å². The van der Waals surface area contributed by atoms with Crippen LogP contribution in [0.2, 0.25) is 0 Å². The maximum atomic E-state index is 12.7. The van der Waals surface area contributed by atoms with Crippen LogP contribution in [0.4, 0.5) is 20.3 Å². The molecule has 0 unspecified atom stereocenters. The molecule has 118 valence electrons. The van der Waals surface area contributed by atoms with E-state index in [2.05, 4.69) is 25.9 Å². The van der Waals surface area contributed by atoms with Gasteiger partial charge in [-0.25, -0.2) is 23.7 Å². The van der Waals surface area contributed by atoms with Crippen LogP contribution in [0.15, 0.2) is 30.7 Å². The fraction of sp³-hybridized carbons (Fsp3) is 0.333. The minimum Gasteiger partial charge on any atom is -0.366 e. The SMILES string of the molecule is N#Cc1ncccc1N1CCN(c2cc(C(F)F)ncn2)CC1. The number of hydrogen-bond donors (Lipinski definition) is 0. The van der Waals surface area contributed by atoms with Gasteiger partial charge in [-0.3, -0.25) is 0 Å². The molecular formula is C15H14F2N6. The van der Waals surface area contributed by atoms with Gasteiger partial charge in [-0.1, -0.05) is 0 Å². The number of nitriles is 1. The number of nitrogens with zero attached hydrogens (tertiary/aromatic N) is 6. The Hall–Kier alpha value is -2.82. The summed E-state index contributed by atoms with van der Waals surface area (Å²) in [5.41, 5.74) is 0.921. The standard InChI is InChI=1S/C15H14F2N6/c16-15(17)11-8-14(21-10-20-11)23-6-4-22(5-7-23)13-2-1-3-19-12(13)9-18/h1-3,8,10,15H,4-7H2. The Labute approximate surface area is 132 Å². The van der Waals surface area contributed by atoms with E-state index in [-0.39, 0.29) is 5.69 Å². The van der Waals surface area contributed by atoms with Crippen molar-refractivity contribution < 1.29 is 8.78 Å². The first-order valence-corrected chi connectivity index (χ1v) is 7.14. The third kappa shape index (κ3) is 3.18. The highest BCUT2D eigenvalue weighted by molar-refractivity contribution is 5.57. The van der Waals surface area contributed by atoms with Crippen molar-refractivity contribution in [1.82, 2.24) is 15.0 Å². The third-order valence-electron chi connectivity index (χ3n) is 3.73. The van der Waals surface area contributed by atoms with E-state index in [1.54, 1.807) is 12.3 Å². The zero-order valence-corrected chi connectivity index (χ0v) is 12.2. The summed E-state index contributed by atoms with van der Waals surface area (Å²) in [4.78, 5) is 15.7. The molecule has 0 atom stereocenters. The van der Waals surface area contributed by atoms with Crippen molar-refractivity contribution in [1.29, 1.82) is 5.26 Å². The minimum atomic E-state index is -2.60. The Morgan fingerprint density at radius 2 is 1.83 bits per heavy atom. The molecule has 1 aliphatic heterocycles. The Kier molecular flexibility index (Phi) is 4.28. The van der Waals surface area contributed by atoms with E-state index in [1.807, 2.05) is 11.0 Å². The molecule has 3 rings (SSSR count). The largest absolute Gasteiger partial charge is 0.366 e. The molecule has 0 bridgehead atoms. The van der Waals surface area contributed by atoms with E-state index in [9.17, 15) is 8.78 Å². The first kappa shape index (κ1) is 15.1. The second-order valence-electron chi connectivity index (χ2n) is 5.06. The van der Waals surface area contributed by atoms with Gasteiger partial charge >= 0.3 is 0 Å². The van der Waals surface area contributed by atoms with Gasteiger partial charge in [0.05, 0.1) is 5.69 Å². The summed E-state index contributed by atoms with van der Waals surface area (Å²) < 4.78 is 25.5. The predicted octanol–water partition coefficient (Wildman–Crippen LogP) is 2.01. The number of anilines is 2. The number of pyridine rings is 1. The van der Waals surface area contributed by atoms with Crippen LogP contribution >= 0.6 is 0 Å². The lowest BCUT2D eigenvalue weighted by atomic mass is 10.2. The molecule has 8 heteroatoms. The number of halogens is 2. The maximum absolute atomic E-state index is 12.7. The molecule has 0 saturated carbocycles. The Bertz CT molecular complexity index is 722. The molecule has 3 heterocycles. The number of piperazine rings is 1. The molecule has 0 spiro atoms. The lowest BCUT2D eigenvalue weighted by Gasteiger charge is -2.36. The summed E-state index contributed by atoms with van der Waals surface area (Å²) in [5.74, 6) is 0.502. The molecular weight excluding hydrogens is 302 g/mol. The minimum absolute atomic E-state index is 0.267. The van der Waals surface area contributed by atoms with Crippen LogP contribution in [-0.2, 0) is 0 Å². The molecule has 2 aromatic rings. The quantitative estimate of drug-likeness (QED) is 0.863. The Morgan fingerprint density at radius 3 is 2.52 bits per heavy atom. The summed E-state index contributed by atoms with van der Waals surface area (Å²) in [6.45, 7) is 2.57. The van der Waals surface area contributed by atoms with Gasteiger partial charge in [-0.15, -0.1) is 0 Å². The molecule has 0 radical (unpaired) electrons. The number of hydrogen-bond acceptors (Lipinski definition) is 6. The second-order valence-corrected chi connectivity index (χ2v) is 5.06. The normalized spacial score (nSPS) is 14.9. The fourth-order valence-corrected chi connectivity index (χ4v) is 2.57. The van der Waals surface area contributed by atoms with E-state index in [0.717, 1.165) is 12.0 Å². The highest BCUT2D eigenvalue weighted by Gasteiger charge is 2.21. The van der Waals surface area contributed by atoms with Crippen LogP contribution in [0.3, 0.4) is 0 Å². The molecule has 2 aromatic heterocycles. The van der Waals surface area contributed by atoms with Gasteiger partial charge in [0.2, 0.25) is 0 Å². The van der Waals surface area contributed by atoms with Gasteiger partial charge in [0.25, 0.3) is 6.43 Å². The smallest absolute Gasteiger partial charge is 0.280 e. The molecule has 0 N–H and O–H groups in total. The highest BCUT2D eigenvalue weighted by atomic mass is 19.3. The second kappa shape index (κ2) is 6.52. The summed E-state index contributed by atoms with van der Waals surface area (Å²) in [5, 5.41) is 9.12. The number of aromatic nitrogens is 3. The van der Waals surface area contributed by atoms with Crippen molar-refractivity contribution in [3.05, 3.63) is 42.1 Å². The van der Waals surface area contributed by atoms with Gasteiger partial charge < -0.3 is 9.80 Å². The van der Waals surface area contributed by atoms with Crippen LogP contribution in [0.25, 0.3) is 0 Å². The third-order valence-corrected chi connectivity index (χ3v) is 3.73. The summed E-state index contributed by atoms with van der Waals surface area (Å²) in [6.07, 6.45) is 0.148. The summed E-state index contributed by atoms with van der Waals surface area (Å²) in [6, 6.07) is 7.07. The molecule has 0 aliphatic carbocycles. The first-order chi connectivity index (χ1) is 11.2. The first-order valence-electron chi connectivity index (χ1n) is 7.14. The molecule has 0 amide bonds. The van der Waals surface area contributed by atoms with E-state index < -0.39 is 6.43 Å². The number of alkyl halides is 2. The predicted molar refractivity (Wildman–Crippen MR) is 80.4 cm³/mol. The lowest BCUT2D eigenvalue weighted by Crippen LogP contribution is -2.47. The van der Waals surface area contributed by atoms with Crippen LogP contribution in [-0.4, -0.2) is 41.1 Å². The van der Waals surface area contributed by atoms with Crippen molar-refractivity contribution in [3.8, 4) is 6.07 Å². The monoisotopic (exact) mass is 316 g/mol. The number of rotatable bonds is 3. The van der Waals surface area contributed by atoms with Crippen molar-refractivity contribution in [2.75, 3.05) is 36.0 Å². The maximum Gasteiger partial charge on any atom is 0.280 e. The van der Waals surface area contributed by atoms with E-state index in [4.69, 9.17) is 5.26 Å². The Morgan fingerprint density at radius 1 is 1.09 bits per heavy atom. The topological polar surface area (TPSA) is 68.9 Å². The summed E-state index contributed by atoms with van der Waals surface area (Å²) in [7, 11) is 0. The Balaban J connectivity index is 1.71. The zero-order chi connectivity index (χ0) is 16.2. The molecule has 1 saturated heterocycles. The molecule has 1 fully saturated rings. The van der Waals surface area contributed by atoms with E-state index in [0.29, 0.717) is 37.7 Å². The van der Waals surface area contributed by atoms with Gasteiger partial charge in [-0.05, 0) is 12.1 Å². The van der Waals surface area contributed by atoms with Crippen LogP contribution in [0, 0.1) is 11.3 Å². The summed E-state index contributed by atoms with van der Waals surface area (Å²) >= 11 is 0. The lowest BCUT2D eigenvalue weighted by molar-refractivity contribution is 0.146. The van der Waals surface area contributed by atoms with Gasteiger partial charge in [0.1, 0.15) is 23.9 Å². The van der Waals surface area contributed by atoms with E-state index >= 15 is 0 Å². The molecule has 1 aliphatic rings. The van der Waals surface area contributed by atoms with Crippen molar-refractivity contribution in [2.24, 2.45) is 0 Å². The van der Waals surface area contributed by atoms with Crippen LogP contribution in [0.1, 0.15) is 17.8 Å². The fourth-order valence-electron chi connectivity index (χ4n) is 2.57. The van der Waals surface area contributed by atoms with E-state index in [1.165, 1.54) is 6.07 Å². The van der Waals surface area contributed by atoms with Crippen molar-refractivity contribution in [3.63, 3.8) is 0 Å². The van der Waals surface area contributed by atoms with Gasteiger partial charge in [0, 0.05) is 38.4 Å². The van der Waals surface area contributed by atoms with Gasteiger partial charge in [-0.2, -0.15) is 5.26 Å².